The van der Waals surface area contributed by atoms with Crippen LogP contribution in [0.1, 0.15) is 24.2 Å². The van der Waals surface area contributed by atoms with E-state index in [9.17, 15) is 4.79 Å². The SMILES string of the molecule is COc1nc(C#N)ncc1N1C[C@]2(C[C@](c3ccccc3)(N(C)C)C2)NC1=O. The Kier molecular flexibility index (Phi) is 4.20. The highest BCUT2D eigenvalue weighted by Gasteiger charge is 2.61. The van der Waals surface area contributed by atoms with Gasteiger partial charge < -0.3 is 10.1 Å². The molecule has 0 radical (unpaired) electrons. The Hall–Kier alpha value is -3.18. The third-order valence-corrected chi connectivity index (χ3v) is 5.83. The number of carbonyl (C=O) groups is 1. The lowest BCUT2D eigenvalue weighted by Crippen LogP contribution is -2.66. The van der Waals surface area contributed by atoms with Crippen molar-refractivity contribution in [3.63, 3.8) is 0 Å². The molecule has 2 heterocycles. The second-order valence-corrected chi connectivity index (χ2v) is 7.64. The molecule has 1 saturated heterocycles. The van der Waals surface area contributed by atoms with E-state index < -0.39 is 0 Å². The van der Waals surface area contributed by atoms with Gasteiger partial charge in [0.15, 0.2) is 0 Å². The third kappa shape index (κ3) is 2.67. The van der Waals surface area contributed by atoms with Gasteiger partial charge in [-0.3, -0.25) is 9.80 Å². The number of benzene rings is 1. The monoisotopic (exact) mass is 378 g/mol. The topological polar surface area (TPSA) is 94.4 Å². The molecule has 0 atom stereocenters. The minimum atomic E-state index is -0.323. The van der Waals surface area contributed by atoms with Crippen LogP contribution in [0.2, 0.25) is 0 Å². The molecule has 4 rings (SSSR count). The van der Waals surface area contributed by atoms with Gasteiger partial charge in [0.25, 0.3) is 0 Å². The zero-order chi connectivity index (χ0) is 19.9. The minimum Gasteiger partial charge on any atom is -0.479 e. The molecule has 2 amide bonds. The Balaban J connectivity index is 1.61. The van der Waals surface area contributed by atoms with E-state index in [1.54, 1.807) is 4.90 Å². The van der Waals surface area contributed by atoms with Gasteiger partial charge in [-0.25, -0.2) is 9.78 Å². The maximum atomic E-state index is 12.7. The van der Waals surface area contributed by atoms with Gasteiger partial charge >= 0.3 is 6.03 Å². The van der Waals surface area contributed by atoms with Crippen LogP contribution in [0.5, 0.6) is 5.88 Å². The van der Waals surface area contributed by atoms with Crippen molar-refractivity contribution < 1.29 is 9.53 Å². The van der Waals surface area contributed by atoms with Crippen LogP contribution in [0.15, 0.2) is 36.5 Å². The highest BCUT2D eigenvalue weighted by molar-refractivity contribution is 5.96. The van der Waals surface area contributed by atoms with Crippen LogP contribution >= 0.6 is 0 Å². The Morgan fingerprint density at radius 3 is 2.61 bits per heavy atom. The molecule has 1 aromatic carbocycles. The van der Waals surface area contributed by atoms with Gasteiger partial charge in [0.1, 0.15) is 11.8 Å². The van der Waals surface area contributed by atoms with Crippen molar-refractivity contribution in [1.29, 1.82) is 5.26 Å². The third-order valence-electron chi connectivity index (χ3n) is 5.83. The number of nitrogens with one attached hydrogen (secondary N) is 1. The van der Waals surface area contributed by atoms with Gasteiger partial charge in [-0.1, -0.05) is 30.3 Å². The maximum Gasteiger partial charge on any atom is 0.322 e. The highest BCUT2D eigenvalue weighted by Crippen LogP contribution is 2.53. The molecule has 2 aliphatic rings. The summed E-state index contributed by atoms with van der Waals surface area (Å²) in [6.07, 6.45) is 3.08. The number of urea groups is 1. The Morgan fingerprint density at radius 2 is 2.00 bits per heavy atom. The second kappa shape index (κ2) is 6.46. The molecule has 1 aliphatic heterocycles. The fourth-order valence-corrected chi connectivity index (χ4v) is 4.45. The first kappa shape index (κ1) is 18.2. The van der Waals surface area contributed by atoms with E-state index in [0.29, 0.717) is 12.2 Å². The van der Waals surface area contributed by atoms with E-state index in [4.69, 9.17) is 10.00 Å². The van der Waals surface area contributed by atoms with Gasteiger partial charge in [0.05, 0.1) is 30.9 Å². The predicted octanol–water partition coefficient (Wildman–Crippen LogP) is 1.88. The lowest BCUT2D eigenvalue weighted by molar-refractivity contribution is -0.0169. The molecular weight excluding hydrogens is 356 g/mol. The number of aromatic nitrogens is 2. The summed E-state index contributed by atoms with van der Waals surface area (Å²) in [5, 5.41) is 12.1. The highest BCUT2D eigenvalue weighted by atomic mass is 16.5. The van der Waals surface area contributed by atoms with Crippen molar-refractivity contribution in [1.82, 2.24) is 20.2 Å². The Morgan fingerprint density at radius 1 is 1.29 bits per heavy atom. The zero-order valence-corrected chi connectivity index (χ0v) is 16.1. The molecule has 1 spiro atoms. The van der Waals surface area contributed by atoms with Crippen LogP contribution < -0.4 is 15.0 Å². The van der Waals surface area contributed by atoms with Crippen molar-refractivity contribution in [3.05, 3.63) is 47.9 Å². The fourth-order valence-electron chi connectivity index (χ4n) is 4.45. The van der Waals surface area contributed by atoms with Crippen LogP contribution in [0, 0.1) is 11.3 Å². The lowest BCUT2D eigenvalue weighted by Gasteiger charge is -2.57. The fraction of sp³-hybridized carbons (Fsp3) is 0.400. The van der Waals surface area contributed by atoms with E-state index in [-0.39, 0.29) is 28.8 Å². The van der Waals surface area contributed by atoms with Crippen LogP contribution in [0.4, 0.5) is 10.5 Å². The van der Waals surface area contributed by atoms with Gasteiger partial charge in [0, 0.05) is 0 Å². The molecule has 28 heavy (non-hydrogen) atoms. The average molecular weight is 378 g/mol. The van der Waals surface area contributed by atoms with E-state index in [0.717, 1.165) is 12.8 Å². The van der Waals surface area contributed by atoms with Gasteiger partial charge in [0.2, 0.25) is 11.7 Å². The van der Waals surface area contributed by atoms with E-state index in [2.05, 4.69) is 46.4 Å². The van der Waals surface area contributed by atoms with Crippen molar-refractivity contribution >= 4 is 11.7 Å². The number of rotatable bonds is 4. The molecule has 0 bridgehead atoms. The van der Waals surface area contributed by atoms with Gasteiger partial charge in [-0.15, -0.1) is 0 Å². The smallest absolute Gasteiger partial charge is 0.322 e. The van der Waals surface area contributed by atoms with Crippen LogP contribution in [0.3, 0.4) is 0 Å². The minimum absolute atomic E-state index is 0.00858. The summed E-state index contributed by atoms with van der Waals surface area (Å²) >= 11 is 0. The summed E-state index contributed by atoms with van der Waals surface area (Å²) in [6.45, 7) is 0.500. The molecule has 8 heteroatoms. The summed E-state index contributed by atoms with van der Waals surface area (Å²) in [6, 6.07) is 12.1. The first-order chi connectivity index (χ1) is 13.4. The number of anilines is 1. The standard InChI is InChI=1S/C20H22N6O2/c1-25(2)20(14-7-5-4-6-8-14)11-19(12-20)13-26(18(27)24-19)15-10-22-16(9-21)23-17(15)28-3/h4-8,10H,11-13H2,1-3H3,(H,24,27)/t19-,20+. The molecule has 2 fully saturated rings. The summed E-state index contributed by atoms with van der Waals surface area (Å²) in [7, 11) is 5.62. The molecule has 1 aliphatic carbocycles. The van der Waals surface area contributed by atoms with Gasteiger partial charge in [-0.05, 0) is 32.5 Å². The molecule has 1 saturated carbocycles. The average Bonchev–Trinajstić information content (AvgIpc) is 3.03. The number of ether oxygens (including phenoxy) is 1. The summed E-state index contributed by atoms with van der Waals surface area (Å²) < 4.78 is 5.28. The maximum absolute atomic E-state index is 12.7. The molecule has 144 valence electrons. The van der Waals surface area contributed by atoms with Crippen LogP contribution in [0.25, 0.3) is 0 Å². The zero-order valence-electron chi connectivity index (χ0n) is 16.1. The number of nitriles is 1. The first-order valence-electron chi connectivity index (χ1n) is 9.07. The first-order valence-corrected chi connectivity index (χ1v) is 9.07. The lowest BCUT2D eigenvalue weighted by atomic mass is 9.59. The van der Waals surface area contributed by atoms with Gasteiger partial charge in [-0.2, -0.15) is 10.2 Å². The Bertz CT molecular complexity index is 947. The number of nitrogens with zero attached hydrogens (tertiary/aromatic N) is 5. The number of carbonyl (C=O) groups excluding carboxylic acids is 1. The normalized spacial score (nSPS) is 26.1. The molecule has 2 aromatic rings. The molecular formula is C20H22N6O2. The van der Waals surface area contributed by atoms with E-state index in [1.807, 2.05) is 24.3 Å². The molecule has 0 unspecified atom stereocenters. The molecule has 8 nitrogen and oxygen atoms in total. The second-order valence-electron chi connectivity index (χ2n) is 7.64. The number of methoxy groups -OCH3 is 1. The molecule has 1 aromatic heterocycles. The predicted molar refractivity (Wildman–Crippen MR) is 103 cm³/mol. The Labute approximate surface area is 163 Å². The van der Waals surface area contributed by atoms with Crippen LogP contribution in [-0.2, 0) is 5.54 Å². The largest absolute Gasteiger partial charge is 0.479 e. The van der Waals surface area contributed by atoms with E-state index in [1.165, 1.54) is 18.9 Å². The van der Waals surface area contributed by atoms with Crippen molar-refractivity contribution in [2.75, 3.05) is 32.6 Å². The number of hydrogen-bond acceptors (Lipinski definition) is 6. The van der Waals surface area contributed by atoms with Crippen molar-refractivity contribution in [2.45, 2.75) is 23.9 Å². The number of amides is 2. The number of hydrogen-bond donors (Lipinski definition) is 1. The summed E-state index contributed by atoms with van der Waals surface area (Å²) in [4.78, 5) is 24.6. The van der Waals surface area contributed by atoms with E-state index >= 15 is 0 Å². The van der Waals surface area contributed by atoms with Crippen LogP contribution in [-0.4, -0.2) is 54.2 Å². The molecule has 1 N–H and O–H groups in total. The summed E-state index contributed by atoms with van der Waals surface area (Å²) in [5.41, 5.74) is 1.28. The summed E-state index contributed by atoms with van der Waals surface area (Å²) in [5.74, 6) is 0.231. The van der Waals surface area contributed by atoms with Crippen molar-refractivity contribution in [3.8, 4) is 11.9 Å². The quantitative estimate of drug-likeness (QED) is 0.873. The van der Waals surface area contributed by atoms with Crippen molar-refractivity contribution in [2.24, 2.45) is 0 Å².